The van der Waals surface area contributed by atoms with Crippen LogP contribution in [0, 0.1) is 6.92 Å². The van der Waals surface area contributed by atoms with Gasteiger partial charge in [0.2, 0.25) is 5.96 Å². The summed E-state index contributed by atoms with van der Waals surface area (Å²) in [6.07, 6.45) is 3.30. The van der Waals surface area contributed by atoms with Crippen molar-refractivity contribution in [3.05, 3.63) is 39.5 Å². The lowest BCUT2D eigenvalue weighted by atomic mass is 10.1. The standard InChI is InChI=1S/C21H24BrN5O2/c1-4-25-19(28)17-18(27-16-7-5-6-15(16)23-20(25)27)24-21(29-3)26(17)11-13-9-8-12(2)14(22)10-13/h8-10,15-16H,4-7,11H2,1-3H3/t15-,16+/m1/s1. The van der Waals surface area contributed by atoms with E-state index in [1.807, 2.05) is 11.5 Å². The predicted molar refractivity (Wildman–Crippen MR) is 115 cm³/mol. The van der Waals surface area contributed by atoms with Gasteiger partial charge < -0.3 is 4.74 Å². The van der Waals surface area contributed by atoms with Crippen LogP contribution in [0.5, 0.6) is 6.01 Å². The van der Waals surface area contributed by atoms with Crippen LogP contribution in [0.3, 0.4) is 0 Å². The van der Waals surface area contributed by atoms with Crippen molar-refractivity contribution >= 4 is 33.6 Å². The summed E-state index contributed by atoms with van der Waals surface area (Å²) in [5.74, 6) is 1.39. The molecule has 0 N–H and O–H groups in total. The zero-order chi connectivity index (χ0) is 20.3. The van der Waals surface area contributed by atoms with E-state index in [0.29, 0.717) is 30.6 Å². The number of aliphatic imine (C=N–C) groups is 1. The Morgan fingerprint density at radius 3 is 2.86 bits per heavy atom. The van der Waals surface area contributed by atoms with Gasteiger partial charge in [0.05, 0.1) is 25.7 Å². The lowest BCUT2D eigenvalue weighted by Crippen LogP contribution is -2.53. The van der Waals surface area contributed by atoms with E-state index in [2.05, 4.69) is 46.0 Å². The van der Waals surface area contributed by atoms with E-state index in [9.17, 15) is 4.79 Å². The molecule has 1 saturated carbocycles. The molecule has 1 aromatic heterocycles. The monoisotopic (exact) mass is 457 g/mol. The number of aromatic nitrogens is 2. The molecular formula is C21H24BrN5O2. The largest absolute Gasteiger partial charge is 0.468 e. The lowest BCUT2D eigenvalue weighted by molar-refractivity contribution is 0.0834. The minimum Gasteiger partial charge on any atom is -0.468 e. The smallest absolute Gasteiger partial charge is 0.299 e. The van der Waals surface area contributed by atoms with E-state index in [0.717, 1.165) is 35.3 Å². The highest BCUT2D eigenvalue weighted by molar-refractivity contribution is 9.10. The predicted octanol–water partition coefficient (Wildman–Crippen LogP) is 3.58. The third-order valence-corrected chi connectivity index (χ3v) is 7.03. The van der Waals surface area contributed by atoms with Crippen LogP contribution in [0.4, 0.5) is 5.82 Å². The molecule has 3 aliphatic rings. The van der Waals surface area contributed by atoms with Gasteiger partial charge in [0.1, 0.15) is 0 Å². The second-order valence-electron chi connectivity index (χ2n) is 7.85. The molecular weight excluding hydrogens is 434 g/mol. The van der Waals surface area contributed by atoms with Crippen molar-refractivity contribution in [1.82, 2.24) is 14.5 Å². The van der Waals surface area contributed by atoms with Gasteiger partial charge in [-0.05, 0) is 50.3 Å². The average molecular weight is 458 g/mol. The van der Waals surface area contributed by atoms with E-state index in [4.69, 9.17) is 14.7 Å². The number of hydrogen-bond acceptors (Lipinski definition) is 5. The summed E-state index contributed by atoms with van der Waals surface area (Å²) >= 11 is 3.61. The first kappa shape index (κ1) is 18.7. The Balaban J connectivity index is 1.64. The Kier molecular flexibility index (Phi) is 4.42. The quantitative estimate of drug-likeness (QED) is 0.703. The van der Waals surface area contributed by atoms with E-state index in [-0.39, 0.29) is 18.0 Å². The molecule has 1 amide bonds. The van der Waals surface area contributed by atoms with Gasteiger partial charge in [0, 0.05) is 11.0 Å². The topological polar surface area (TPSA) is 63.0 Å². The van der Waals surface area contributed by atoms with Crippen LogP contribution in [0.25, 0.3) is 0 Å². The molecule has 0 saturated heterocycles. The van der Waals surface area contributed by atoms with Gasteiger partial charge in [0.15, 0.2) is 11.5 Å². The Labute approximate surface area is 178 Å². The fraction of sp³-hybridized carbons (Fsp3) is 0.476. The van der Waals surface area contributed by atoms with Crippen molar-refractivity contribution in [2.24, 2.45) is 4.99 Å². The van der Waals surface area contributed by atoms with Crippen LogP contribution in [0.2, 0.25) is 0 Å². The van der Waals surface area contributed by atoms with Gasteiger partial charge in [-0.3, -0.25) is 19.2 Å². The molecule has 152 valence electrons. The number of methoxy groups -OCH3 is 1. The van der Waals surface area contributed by atoms with Gasteiger partial charge in [-0.25, -0.2) is 4.99 Å². The highest BCUT2D eigenvalue weighted by atomic mass is 79.9. The Hall–Kier alpha value is -2.35. The van der Waals surface area contributed by atoms with Crippen LogP contribution >= 0.6 is 15.9 Å². The molecule has 0 unspecified atom stereocenters. The summed E-state index contributed by atoms with van der Waals surface area (Å²) in [5, 5.41) is 0. The van der Waals surface area contributed by atoms with Crippen molar-refractivity contribution in [2.45, 2.75) is 51.7 Å². The molecule has 1 fully saturated rings. The number of fused-ring (bicyclic) bond motifs is 5. The number of imidazole rings is 1. The van der Waals surface area contributed by atoms with E-state index >= 15 is 0 Å². The average Bonchev–Trinajstić information content (AvgIpc) is 3.38. The summed E-state index contributed by atoms with van der Waals surface area (Å²) < 4.78 is 8.55. The summed E-state index contributed by atoms with van der Waals surface area (Å²) in [7, 11) is 1.61. The molecule has 29 heavy (non-hydrogen) atoms. The van der Waals surface area contributed by atoms with Gasteiger partial charge in [-0.2, -0.15) is 4.98 Å². The zero-order valence-electron chi connectivity index (χ0n) is 16.9. The van der Waals surface area contributed by atoms with Gasteiger partial charge in [-0.15, -0.1) is 0 Å². The fourth-order valence-electron chi connectivity index (χ4n) is 4.71. The maximum atomic E-state index is 13.5. The van der Waals surface area contributed by atoms with Crippen LogP contribution < -0.4 is 9.64 Å². The highest BCUT2D eigenvalue weighted by Crippen LogP contribution is 2.42. The summed E-state index contributed by atoms with van der Waals surface area (Å²) in [5.41, 5.74) is 2.84. The molecule has 1 aromatic carbocycles. The number of rotatable bonds is 4. The molecule has 1 aliphatic carbocycles. The Morgan fingerprint density at radius 2 is 2.14 bits per heavy atom. The second kappa shape index (κ2) is 6.86. The molecule has 7 nitrogen and oxygen atoms in total. The molecule has 3 heterocycles. The van der Waals surface area contributed by atoms with Crippen molar-refractivity contribution in [3.63, 3.8) is 0 Å². The first-order valence-electron chi connectivity index (χ1n) is 10.1. The third kappa shape index (κ3) is 2.72. The number of amides is 1. The summed E-state index contributed by atoms with van der Waals surface area (Å²) in [6.45, 7) is 5.15. The SMILES string of the molecule is CCN1C(=O)c2c(nc(OC)n2Cc2ccc(C)c(Br)c2)N2C1=N[C@@H]1CCC[C@@H]12. The van der Waals surface area contributed by atoms with E-state index in [1.165, 1.54) is 5.56 Å². The van der Waals surface area contributed by atoms with E-state index < -0.39 is 0 Å². The van der Waals surface area contributed by atoms with Crippen molar-refractivity contribution in [1.29, 1.82) is 0 Å². The second-order valence-corrected chi connectivity index (χ2v) is 8.71. The maximum absolute atomic E-state index is 13.5. The number of anilines is 1. The third-order valence-electron chi connectivity index (χ3n) is 6.18. The number of ether oxygens (including phenoxy) is 1. The molecule has 0 bridgehead atoms. The number of guanidine groups is 1. The lowest BCUT2D eigenvalue weighted by Gasteiger charge is -2.35. The van der Waals surface area contributed by atoms with Crippen molar-refractivity contribution < 1.29 is 9.53 Å². The summed E-state index contributed by atoms with van der Waals surface area (Å²) in [6, 6.07) is 7.23. The van der Waals surface area contributed by atoms with Gasteiger partial charge in [-0.1, -0.05) is 28.1 Å². The Bertz CT molecular complexity index is 1030. The number of carbonyl (C=O) groups is 1. The number of aryl methyl sites for hydroxylation is 1. The number of benzene rings is 1. The van der Waals surface area contributed by atoms with Crippen molar-refractivity contribution in [2.75, 3.05) is 18.6 Å². The number of nitrogens with zero attached hydrogens (tertiary/aromatic N) is 5. The molecule has 0 spiro atoms. The molecule has 0 radical (unpaired) electrons. The number of halogens is 1. The molecule has 8 heteroatoms. The summed E-state index contributed by atoms with van der Waals surface area (Å²) in [4.78, 5) is 27.1. The number of hydrogen-bond donors (Lipinski definition) is 0. The van der Waals surface area contributed by atoms with Crippen LogP contribution in [-0.4, -0.2) is 52.1 Å². The first-order chi connectivity index (χ1) is 14.0. The van der Waals surface area contributed by atoms with Crippen molar-refractivity contribution in [3.8, 4) is 6.01 Å². The Morgan fingerprint density at radius 1 is 1.31 bits per heavy atom. The van der Waals surface area contributed by atoms with Gasteiger partial charge >= 0.3 is 0 Å². The molecule has 2 aromatic rings. The number of carbonyl (C=O) groups excluding carboxylic acids is 1. The van der Waals surface area contributed by atoms with E-state index in [1.54, 1.807) is 12.0 Å². The minimum absolute atomic E-state index is 0.0561. The zero-order valence-corrected chi connectivity index (χ0v) is 18.4. The van der Waals surface area contributed by atoms with Crippen LogP contribution in [0.15, 0.2) is 27.7 Å². The van der Waals surface area contributed by atoms with Crippen LogP contribution in [-0.2, 0) is 6.54 Å². The van der Waals surface area contributed by atoms with Crippen LogP contribution in [0.1, 0.15) is 47.8 Å². The first-order valence-corrected chi connectivity index (χ1v) is 10.9. The molecule has 2 aliphatic heterocycles. The maximum Gasteiger partial charge on any atom is 0.299 e. The van der Waals surface area contributed by atoms with Gasteiger partial charge in [0.25, 0.3) is 11.9 Å². The molecule has 2 atom stereocenters. The normalized spacial score (nSPS) is 22.5. The molecule has 5 rings (SSSR count). The minimum atomic E-state index is -0.0561. The highest BCUT2D eigenvalue weighted by Gasteiger charge is 2.49. The fourth-order valence-corrected chi connectivity index (χ4v) is 5.13.